The number of carbonyl (C=O) groups is 1. The summed E-state index contributed by atoms with van der Waals surface area (Å²) in [5.41, 5.74) is 2.75. The number of benzene rings is 1. The molecule has 0 spiro atoms. The lowest BCUT2D eigenvalue weighted by Gasteiger charge is -2.22. The van der Waals surface area contributed by atoms with Crippen molar-refractivity contribution in [2.75, 3.05) is 0 Å². The molecule has 1 atom stereocenters. The van der Waals surface area contributed by atoms with Crippen LogP contribution in [0.1, 0.15) is 34.1 Å². The molecule has 0 bridgehead atoms. The molecule has 0 radical (unpaired) electrons. The van der Waals surface area contributed by atoms with Gasteiger partial charge in [0.05, 0.1) is 5.71 Å². The van der Waals surface area contributed by atoms with E-state index in [0.717, 1.165) is 29.7 Å². The van der Waals surface area contributed by atoms with E-state index in [1.807, 2.05) is 11.4 Å². The number of carbonyl (C=O) groups excluding carboxylic acids is 1. The highest BCUT2D eigenvalue weighted by atomic mass is 32.1. The minimum atomic E-state index is -0.434. The van der Waals surface area contributed by atoms with Crippen LogP contribution in [0.5, 0.6) is 5.75 Å². The molecule has 1 aliphatic rings. The van der Waals surface area contributed by atoms with Crippen molar-refractivity contribution in [3.05, 3.63) is 51.7 Å². The summed E-state index contributed by atoms with van der Waals surface area (Å²) in [6, 6.07) is 8.72. The standard InChI is InChI=1S/C16H15NO3S/c1-10-7-11-9-12(18)4-5-13(11)14(8-10)17-20-16(19)15-3-2-6-21-15/h2-6,9-10,18H,7-8H2,1H3/b17-14+. The van der Waals surface area contributed by atoms with Crippen molar-refractivity contribution in [1.29, 1.82) is 0 Å². The lowest BCUT2D eigenvalue weighted by Crippen LogP contribution is -2.19. The Morgan fingerprint density at radius 1 is 1.38 bits per heavy atom. The number of fused-ring (bicyclic) bond motifs is 1. The van der Waals surface area contributed by atoms with Crippen LogP contribution in [0.25, 0.3) is 0 Å². The highest BCUT2D eigenvalue weighted by molar-refractivity contribution is 7.11. The first-order valence-corrected chi connectivity index (χ1v) is 7.65. The van der Waals surface area contributed by atoms with Crippen molar-refractivity contribution in [3.63, 3.8) is 0 Å². The van der Waals surface area contributed by atoms with Gasteiger partial charge >= 0.3 is 5.97 Å². The molecule has 0 saturated heterocycles. The molecule has 0 amide bonds. The van der Waals surface area contributed by atoms with E-state index in [-0.39, 0.29) is 5.75 Å². The third kappa shape index (κ3) is 2.97. The maximum atomic E-state index is 11.8. The van der Waals surface area contributed by atoms with E-state index in [1.54, 1.807) is 24.3 Å². The number of hydrogen-bond acceptors (Lipinski definition) is 5. The molecule has 1 N–H and O–H groups in total. The van der Waals surface area contributed by atoms with E-state index < -0.39 is 5.97 Å². The second-order valence-corrected chi connectivity index (χ2v) is 6.20. The van der Waals surface area contributed by atoms with E-state index in [1.165, 1.54) is 11.3 Å². The zero-order valence-electron chi connectivity index (χ0n) is 11.6. The second kappa shape index (κ2) is 5.69. The van der Waals surface area contributed by atoms with Gasteiger partial charge in [-0.05, 0) is 54.0 Å². The molecule has 1 unspecified atom stereocenters. The third-order valence-corrected chi connectivity index (χ3v) is 4.32. The Kier molecular flexibility index (Phi) is 3.75. The number of oxime groups is 1. The first-order valence-electron chi connectivity index (χ1n) is 6.77. The number of nitrogens with zero attached hydrogens (tertiary/aromatic N) is 1. The van der Waals surface area contributed by atoms with Crippen LogP contribution in [0.4, 0.5) is 0 Å². The van der Waals surface area contributed by atoms with Gasteiger partial charge in [-0.15, -0.1) is 11.3 Å². The van der Waals surface area contributed by atoms with Gasteiger partial charge in [0.25, 0.3) is 0 Å². The molecular weight excluding hydrogens is 286 g/mol. The van der Waals surface area contributed by atoms with Crippen molar-refractivity contribution in [3.8, 4) is 5.75 Å². The van der Waals surface area contributed by atoms with Gasteiger partial charge in [-0.2, -0.15) is 0 Å². The number of aromatic hydroxyl groups is 1. The number of thiophene rings is 1. The lowest BCUT2D eigenvalue weighted by molar-refractivity contribution is 0.0520. The molecule has 1 aliphatic carbocycles. The third-order valence-electron chi connectivity index (χ3n) is 3.47. The zero-order valence-corrected chi connectivity index (χ0v) is 12.4. The summed E-state index contributed by atoms with van der Waals surface area (Å²) in [7, 11) is 0. The fourth-order valence-electron chi connectivity index (χ4n) is 2.54. The molecule has 1 aromatic heterocycles. The molecule has 0 saturated carbocycles. The first kappa shape index (κ1) is 13.8. The van der Waals surface area contributed by atoms with Gasteiger partial charge in [0.1, 0.15) is 10.6 Å². The molecule has 2 aromatic rings. The summed E-state index contributed by atoms with van der Waals surface area (Å²) in [6.07, 6.45) is 1.65. The normalized spacial score (nSPS) is 19.3. The van der Waals surface area contributed by atoms with Gasteiger partial charge in [0.15, 0.2) is 0 Å². The Hall–Kier alpha value is -2.14. The first-order chi connectivity index (χ1) is 10.1. The molecule has 21 heavy (non-hydrogen) atoms. The van der Waals surface area contributed by atoms with Gasteiger partial charge in [-0.25, -0.2) is 4.79 Å². The van der Waals surface area contributed by atoms with Gasteiger partial charge in [-0.3, -0.25) is 0 Å². The van der Waals surface area contributed by atoms with Crippen LogP contribution in [0.3, 0.4) is 0 Å². The maximum Gasteiger partial charge on any atom is 0.375 e. The van der Waals surface area contributed by atoms with Crippen LogP contribution in [0, 0.1) is 5.92 Å². The van der Waals surface area contributed by atoms with E-state index in [2.05, 4.69) is 12.1 Å². The summed E-state index contributed by atoms with van der Waals surface area (Å²) < 4.78 is 0. The predicted octanol–water partition coefficient (Wildman–Crippen LogP) is 3.60. The predicted molar refractivity (Wildman–Crippen MR) is 81.9 cm³/mol. The van der Waals surface area contributed by atoms with Crippen LogP contribution in [0.2, 0.25) is 0 Å². The van der Waals surface area contributed by atoms with Crippen LogP contribution in [-0.4, -0.2) is 16.8 Å². The molecule has 1 heterocycles. The Morgan fingerprint density at radius 2 is 2.24 bits per heavy atom. The minimum Gasteiger partial charge on any atom is -0.508 e. The van der Waals surface area contributed by atoms with Gasteiger partial charge in [0.2, 0.25) is 0 Å². The quantitative estimate of drug-likeness (QED) is 0.681. The Labute approximate surface area is 126 Å². The smallest absolute Gasteiger partial charge is 0.375 e. The van der Waals surface area contributed by atoms with Crippen LogP contribution < -0.4 is 0 Å². The van der Waals surface area contributed by atoms with Gasteiger partial charge < -0.3 is 9.94 Å². The molecule has 1 aromatic carbocycles. The van der Waals surface area contributed by atoms with E-state index in [4.69, 9.17) is 4.84 Å². The van der Waals surface area contributed by atoms with Crippen LogP contribution >= 0.6 is 11.3 Å². The topological polar surface area (TPSA) is 58.9 Å². The summed E-state index contributed by atoms with van der Waals surface area (Å²) in [5, 5.41) is 15.5. The largest absolute Gasteiger partial charge is 0.508 e. The number of phenolic OH excluding ortho intramolecular Hbond substituents is 1. The minimum absolute atomic E-state index is 0.248. The van der Waals surface area contributed by atoms with Crippen molar-refractivity contribution < 1.29 is 14.7 Å². The fourth-order valence-corrected chi connectivity index (χ4v) is 3.14. The molecule has 108 valence electrons. The van der Waals surface area contributed by atoms with Gasteiger partial charge in [0, 0.05) is 5.56 Å². The zero-order chi connectivity index (χ0) is 14.8. The van der Waals surface area contributed by atoms with Gasteiger partial charge in [-0.1, -0.05) is 18.1 Å². The van der Waals surface area contributed by atoms with Crippen LogP contribution in [0.15, 0.2) is 40.9 Å². The van der Waals surface area contributed by atoms with E-state index in [9.17, 15) is 9.90 Å². The molecule has 4 nitrogen and oxygen atoms in total. The molecule has 0 fully saturated rings. The molecule has 0 aliphatic heterocycles. The van der Waals surface area contributed by atoms with Crippen molar-refractivity contribution >= 4 is 23.0 Å². The maximum absolute atomic E-state index is 11.8. The fraction of sp³-hybridized carbons (Fsp3) is 0.250. The summed E-state index contributed by atoms with van der Waals surface area (Å²) in [5.74, 6) is 0.215. The van der Waals surface area contributed by atoms with Crippen molar-refractivity contribution in [2.24, 2.45) is 11.1 Å². The SMILES string of the molecule is CC1C/C(=N\OC(=O)c2cccs2)c2ccc(O)cc2C1. The van der Waals surface area contributed by atoms with Crippen molar-refractivity contribution in [2.45, 2.75) is 19.8 Å². The van der Waals surface area contributed by atoms with E-state index >= 15 is 0 Å². The van der Waals surface area contributed by atoms with Crippen molar-refractivity contribution in [1.82, 2.24) is 0 Å². The highest BCUT2D eigenvalue weighted by Crippen LogP contribution is 2.28. The lowest BCUT2D eigenvalue weighted by atomic mass is 9.83. The molecule has 5 heteroatoms. The molecular formula is C16H15NO3S. The Balaban J connectivity index is 1.85. The van der Waals surface area contributed by atoms with Crippen LogP contribution in [-0.2, 0) is 11.3 Å². The molecule has 3 rings (SSSR count). The number of hydrogen-bond donors (Lipinski definition) is 1. The Morgan fingerprint density at radius 3 is 3.00 bits per heavy atom. The van der Waals surface area contributed by atoms with E-state index in [0.29, 0.717) is 10.8 Å². The highest BCUT2D eigenvalue weighted by Gasteiger charge is 2.22. The average molecular weight is 301 g/mol. The summed E-state index contributed by atoms with van der Waals surface area (Å²) >= 11 is 1.33. The monoisotopic (exact) mass is 301 g/mol. The number of rotatable bonds is 2. The second-order valence-electron chi connectivity index (χ2n) is 5.25. The summed E-state index contributed by atoms with van der Waals surface area (Å²) in [6.45, 7) is 2.11. The Bertz CT molecular complexity index is 692. The average Bonchev–Trinajstić information content (AvgIpc) is 2.97. The number of phenols is 1. The summed E-state index contributed by atoms with van der Waals surface area (Å²) in [4.78, 5) is 17.4.